The Balaban J connectivity index is 2.55. The molecule has 0 unspecified atom stereocenters. The fourth-order valence-corrected chi connectivity index (χ4v) is 1.86. The first-order chi connectivity index (χ1) is 8.13. The first-order valence-electron chi connectivity index (χ1n) is 5.23. The van der Waals surface area contributed by atoms with Crippen LogP contribution in [0, 0.1) is 0 Å². The zero-order valence-corrected chi connectivity index (χ0v) is 9.99. The Bertz CT molecular complexity index is 540. The number of halogens is 1. The third-order valence-electron chi connectivity index (χ3n) is 2.56. The highest BCUT2D eigenvalue weighted by molar-refractivity contribution is 6.30. The molecular formula is C13H11ClO3. The SMILES string of the molecule is CCc1occ(-c2ccc(Cl)cc2)c1C(=O)O. The standard InChI is InChI=1S/C13H11ClO3/c1-2-11-12(13(15)16)10(7-17-11)8-3-5-9(14)6-4-8/h3-7H,2H2,1H3,(H,15,16). The van der Waals surface area contributed by atoms with Gasteiger partial charge in [-0.25, -0.2) is 4.79 Å². The molecule has 2 aromatic rings. The maximum Gasteiger partial charge on any atom is 0.339 e. The fraction of sp³-hybridized carbons (Fsp3) is 0.154. The summed E-state index contributed by atoms with van der Waals surface area (Å²) < 4.78 is 5.28. The number of rotatable bonds is 3. The van der Waals surface area contributed by atoms with Gasteiger partial charge in [0.15, 0.2) is 0 Å². The van der Waals surface area contributed by atoms with Crippen molar-refractivity contribution in [2.45, 2.75) is 13.3 Å². The van der Waals surface area contributed by atoms with Gasteiger partial charge >= 0.3 is 5.97 Å². The van der Waals surface area contributed by atoms with Gasteiger partial charge in [-0.3, -0.25) is 0 Å². The number of carbonyl (C=O) groups is 1. The van der Waals surface area contributed by atoms with E-state index in [0.717, 1.165) is 5.56 Å². The van der Waals surface area contributed by atoms with E-state index in [9.17, 15) is 9.90 Å². The van der Waals surface area contributed by atoms with Gasteiger partial charge < -0.3 is 9.52 Å². The molecule has 0 bridgehead atoms. The molecule has 17 heavy (non-hydrogen) atoms. The van der Waals surface area contributed by atoms with Gasteiger partial charge in [-0.15, -0.1) is 0 Å². The number of benzene rings is 1. The molecule has 0 amide bonds. The van der Waals surface area contributed by atoms with Crippen LogP contribution < -0.4 is 0 Å². The van der Waals surface area contributed by atoms with Crippen molar-refractivity contribution in [1.82, 2.24) is 0 Å². The van der Waals surface area contributed by atoms with Crippen molar-refractivity contribution in [3.8, 4) is 11.1 Å². The second kappa shape index (κ2) is 4.63. The van der Waals surface area contributed by atoms with Crippen LogP contribution in [0.3, 0.4) is 0 Å². The lowest BCUT2D eigenvalue weighted by Gasteiger charge is -2.00. The highest BCUT2D eigenvalue weighted by atomic mass is 35.5. The Morgan fingerprint density at radius 2 is 2.00 bits per heavy atom. The first kappa shape index (κ1) is 11.7. The van der Waals surface area contributed by atoms with Crippen molar-refractivity contribution in [2.75, 3.05) is 0 Å². The summed E-state index contributed by atoms with van der Waals surface area (Å²) in [6.07, 6.45) is 2.03. The second-order valence-electron chi connectivity index (χ2n) is 3.61. The largest absolute Gasteiger partial charge is 0.478 e. The van der Waals surface area contributed by atoms with Crippen LogP contribution in [0.5, 0.6) is 0 Å². The number of furan rings is 1. The van der Waals surface area contributed by atoms with Crippen molar-refractivity contribution in [2.24, 2.45) is 0 Å². The lowest BCUT2D eigenvalue weighted by molar-refractivity contribution is 0.0695. The van der Waals surface area contributed by atoms with Gasteiger partial charge in [0, 0.05) is 17.0 Å². The van der Waals surface area contributed by atoms with E-state index in [0.29, 0.717) is 22.8 Å². The molecule has 1 heterocycles. The molecule has 2 rings (SSSR count). The average molecular weight is 251 g/mol. The summed E-state index contributed by atoms with van der Waals surface area (Å²) in [5, 5.41) is 9.81. The van der Waals surface area contributed by atoms with Gasteiger partial charge in [0.2, 0.25) is 0 Å². The molecular weight excluding hydrogens is 240 g/mol. The highest BCUT2D eigenvalue weighted by Gasteiger charge is 2.19. The molecule has 0 spiro atoms. The Kier molecular flexibility index (Phi) is 3.20. The van der Waals surface area contributed by atoms with E-state index in [4.69, 9.17) is 16.0 Å². The summed E-state index contributed by atoms with van der Waals surface area (Å²) in [7, 11) is 0. The summed E-state index contributed by atoms with van der Waals surface area (Å²) in [5.74, 6) is -0.483. The molecule has 4 heteroatoms. The van der Waals surface area contributed by atoms with Crippen LogP contribution >= 0.6 is 11.6 Å². The number of aromatic carboxylic acids is 1. The summed E-state index contributed by atoms with van der Waals surface area (Å²) in [5.41, 5.74) is 1.61. The van der Waals surface area contributed by atoms with Crippen molar-refractivity contribution in [3.63, 3.8) is 0 Å². The first-order valence-corrected chi connectivity index (χ1v) is 5.61. The van der Waals surface area contributed by atoms with Crippen LogP contribution in [-0.2, 0) is 6.42 Å². The molecule has 3 nitrogen and oxygen atoms in total. The Hall–Kier alpha value is -1.74. The van der Waals surface area contributed by atoms with Gasteiger partial charge in [-0.05, 0) is 17.7 Å². The molecule has 1 aromatic carbocycles. The number of carboxylic acid groups (broad SMARTS) is 1. The maximum atomic E-state index is 11.2. The third-order valence-corrected chi connectivity index (χ3v) is 2.81. The Labute approximate surface area is 104 Å². The molecule has 0 aliphatic rings. The van der Waals surface area contributed by atoms with Gasteiger partial charge in [0.25, 0.3) is 0 Å². The minimum atomic E-state index is -0.972. The van der Waals surface area contributed by atoms with E-state index in [1.165, 1.54) is 6.26 Å². The second-order valence-corrected chi connectivity index (χ2v) is 4.05. The van der Waals surface area contributed by atoms with Crippen LogP contribution in [0.2, 0.25) is 5.02 Å². The molecule has 0 saturated heterocycles. The molecule has 0 saturated carbocycles. The number of hydrogen-bond acceptors (Lipinski definition) is 2. The Morgan fingerprint density at radius 1 is 1.35 bits per heavy atom. The lowest BCUT2D eigenvalue weighted by atomic mass is 10.0. The predicted molar refractivity (Wildman–Crippen MR) is 65.5 cm³/mol. The van der Waals surface area contributed by atoms with E-state index in [1.54, 1.807) is 24.3 Å². The van der Waals surface area contributed by atoms with Gasteiger partial charge in [0.1, 0.15) is 11.3 Å². The third kappa shape index (κ3) is 2.19. The summed E-state index contributed by atoms with van der Waals surface area (Å²) in [4.78, 5) is 11.2. The molecule has 0 aliphatic carbocycles. The number of hydrogen-bond donors (Lipinski definition) is 1. The van der Waals surface area contributed by atoms with Crippen LogP contribution in [0.4, 0.5) is 0 Å². The topological polar surface area (TPSA) is 50.4 Å². The Morgan fingerprint density at radius 3 is 2.53 bits per heavy atom. The van der Waals surface area contributed by atoms with Crippen molar-refractivity contribution in [3.05, 3.63) is 46.9 Å². The summed E-state index contributed by atoms with van der Waals surface area (Å²) in [6.45, 7) is 1.86. The van der Waals surface area contributed by atoms with Crippen LogP contribution in [-0.4, -0.2) is 11.1 Å². The number of carboxylic acids is 1. The highest BCUT2D eigenvalue weighted by Crippen LogP contribution is 2.29. The molecule has 1 N–H and O–H groups in total. The molecule has 1 aromatic heterocycles. The molecule has 0 aliphatic heterocycles. The average Bonchev–Trinajstić information content (AvgIpc) is 2.73. The number of aryl methyl sites for hydroxylation is 1. The smallest absolute Gasteiger partial charge is 0.339 e. The van der Waals surface area contributed by atoms with E-state index < -0.39 is 5.97 Å². The van der Waals surface area contributed by atoms with Gasteiger partial charge in [-0.2, -0.15) is 0 Å². The van der Waals surface area contributed by atoms with Gasteiger partial charge in [0.05, 0.1) is 6.26 Å². The predicted octanol–water partition coefficient (Wildman–Crippen LogP) is 3.86. The molecule has 0 atom stereocenters. The van der Waals surface area contributed by atoms with Crippen molar-refractivity contribution in [1.29, 1.82) is 0 Å². The fourth-order valence-electron chi connectivity index (χ4n) is 1.73. The van der Waals surface area contributed by atoms with Gasteiger partial charge in [-0.1, -0.05) is 30.7 Å². The monoisotopic (exact) mass is 250 g/mol. The van der Waals surface area contributed by atoms with Crippen LogP contribution in [0.25, 0.3) is 11.1 Å². The minimum absolute atomic E-state index is 0.231. The zero-order valence-electron chi connectivity index (χ0n) is 9.24. The van der Waals surface area contributed by atoms with Crippen molar-refractivity contribution < 1.29 is 14.3 Å². The summed E-state index contributed by atoms with van der Waals surface area (Å²) >= 11 is 5.79. The van der Waals surface area contributed by atoms with E-state index in [1.807, 2.05) is 6.92 Å². The lowest BCUT2D eigenvalue weighted by Crippen LogP contribution is -2.00. The maximum absolute atomic E-state index is 11.2. The van der Waals surface area contributed by atoms with Crippen molar-refractivity contribution >= 4 is 17.6 Å². The minimum Gasteiger partial charge on any atom is -0.478 e. The molecule has 0 fully saturated rings. The quantitative estimate of drug-likeness (QED) is 0.900. The molecule has 0 radical (unpaired) electrons. The normalized spacial score (nSPS) is 10.5. The van der Waals surface area contributed by atoms with E-state index in [-0.39, 0.29) is 5.56 Å². The molecule has 88 valence electrons. The van der Waals surface area contributed by atoms with E-state index in [2.05, 4.69) is 0 Å². The van der Waals surface area contributed by atoms with Crippen LogP contribution in [0.1, 0.15) is 23.0 Å². The van der Waals surface area contributed by atoms with Crippen LogP contribution in [0.15, 0.2) is 34.9 Å². The zero-order chi connectivity index (χ0) is 12.4. The summed E-state index contributed by atoms with van der Waals surface area (Å²) in [6, 6.07) is 7.00. The van der Waals surface area contributed by atoms with E-state index >= 15 is 0 Å².